The number of aliphatic hydroxyl groups is 1. The summed E-state index contributed by atoms with van der Waals surface area (Å²) in [5.74, 6) is -1.33. The van der Waals surface area contributed by atoms with E-state index >= 15 is 4.39 Å². The maximum atomic E-state index is 15.3. The highest BCUT2D eigenvalue weighted by atomic mass is 19.4. The predicted octanol–water partition coefficient (Wildman–Crippen LogP) is 4.20. The van der Waals surface area contributed by atoms with Crippen molar-refractivity contribution in [2.45, 2.75) is 37.7 Å². The minimum Gasteiger partial charge on any atom is -0.478 e. The number of carboxylic acids is 1. The van der Waals surface area contributed by atoms with Gasteiger partial charge in [0.05, 0.1) is 23.4 Å². The van der Waals surface area contributed by atoms with Crippen LogP contribution >= 0.6 is 0 Å². The van der Waals surface area contributed by atoms with E-state index in [4.69, 9.17) is 4.42 Å². The maximum absolute atomic E-state index is 15.3. The van der Waals surface area contributed by atoms with Crippen LogP contribution in [0.4, 0.5) is 28.9 Å². The molecule has 2 fully saturated rings. The summed E-state index contributed by atoms with van der Waals surface area (Å²) in [5.41, 5.74) is 0.679. The molecule has 1 unspecified atom stereocenters. The molecule has 2 aliphatic heterocycles. The van der Waals surface area contributed by atoms with E-state index in [1.165, 1.54) is 24.4 Å². The van der Waals surface area contributed by atoms with E-state index < -0.39 is 29.6 Å². The number of aliphatic hydroxyl groups excluding tert-OH is 1. The predicted molar refractivity (Wildman–Crippen MR) is 135 cm³/mol. The van der Waals surface area contributed by atoms with Gasteiger partial charge in [-0.15, -0.1) is 10.2 Å². The van der Waals surface area contributed by atoms with Gasteiger partial charge in [-0.1, -0.05) is 0 Å². The fraction of sp³-hybridized carbons (Fsp3) is 0.370. The van der Waals surface area contributed by atoms with Crippen LogP contribution in [0, 0.1) is 5.82 Å². The molecule has 40 heavy (non-hydrogen) atoms. The van der Waals surface area contributed by atoms with Gasteiger partial charge < -0.3 is 24.4 Å². The van der Waals surface area contributed by atoms with E-state index in [1.54, 1.807) is 6.07 Å². The Morgan fingerprint density at radius 3 is 2.35 bits per heavy atom. The molecular formula is C27H25F4N5O4. The number of anilines is 2. The number of aromatic nitrogens is 2. The van der Waals surface area contributed by atoms with E-state index in [0.717, 1.165) is 25.0 Å². The first-order chi connectivity index (χ1) is 19.1. The van der Waals surface area contributed by atoms with Crippen LogP contribution < -0.4 is 9.80 Å². The van der Waals surface area contributed by atoms with E-state index in [2.05, 4.69) is 15.1 Å². The quantitative estimate of drug-likeness (QED) is 0.430. The highest BCUT2D eigenvalue weighted by Gasteiger charge is 2.38. The zero-order valence-electron chi connectivity index (χ0n) is 21.1. The van der Waals surface area contributed by atoms with Crippen LogP contribution in [0.2, 0.25) is 0 Å². The smallest absolute Gasteiger partial charge is 0.416 e. The third-order valence-corrected chi connectivity index (χ3v) is 7.43. The fourth-order valence-electron chi connectivity index (χ4n) is 5.11. The standard InChI is InChI=1S/C27H25F4N5O4/c28-20-11-18-21(36(17-5-6-17)13-19(24(18)37)26(38)39)12-22(20)35-9-7-34(8-10-35)14-23-32-33-25(40-23)15-1-3-16(4-2-15)27(29,30)31/h1-4,11-13,17,24,37H,5-10,14H2,(H,38,39). The van der Waals surface area contributed by atoms with Gasteiger partial charge in [0.15, 0.2) is 0 Å². The molecule has 0 radical (unpaired) electrons. The number of hydrogen-bond donors (Lipinski definition) is 2. The molecule has 210 valence electrons. The lowest BCUT2D eigenvalue weighted by atomic mass is 9.95. The zero-order valence-corrected chi connectivity index (χ0v) is 21.1. The Hall–Kier alpha value is -3.97. The molecule has 2 aromatic carbocycles. The number of piperazine rings is 1. The molecule has 2 N–H and O–H groups in total. The number of aliphatic carboxylic acids is 1. The maximum Gasteiger partial charge on any atom is 0.416 e. The molecular weight excluding hydrogens is 534 g/mol. The van der Waals surface area contributed by atoms with Gasteiger partial charge in [0.25, 0.3) is 0 Å². The van der Waals surface area contributed by atoms with Crippen molar-refractivity contribution in [2.24, 2.45) is 0 Å². The largest absolute Gasteiger partial charge is 0.478 e. The highest BCUT2D eigenvalue weighted by Crippen LogP contribution is 2.44. The summed E-state index contributed by atoms with van der Waals surface area (Å²) in [6.45, 7) is 2.45. The van der Waals surface area contributed by atoms with Gasteiger partial charge in [-0.3, -0.25) is 4.90 Å². The number of alkyl halides is 3. The van der Waals surface area contributed by atoms with Gasteiger partial charge in [-0.2, -0.15) is 13.2 Å². The average Bonchev–Trinajstić information content (AvgIpc) is 3.66. The Bertz CT molecular complexity index is 1460. The van der Waals surface area contributed by atoms with Crippen molar-refractivity contribution in [2.75, 3.05) is 36.0 Å². The van der Waals surface area contributed by atoms with Crippen molar-refractivity contribution in [1.29, 1.82) is 0 Å². The second-order valence-corrected chi connectivity index (χ2v) is 10.1. The molecule has 0 spiro atoms. The Morgan fingerprint density at radius 2 is 1.73 bits per heavy atom. The van der Waals surface area contributed by atoms with Crippen molar-refractivity contribution in [3.63, 3.8) is 0 Å². The number of carboxylic acid groups (broad SMARTS) is 1. The Kier molecular flexibility index (Phi) is 6.50. The number of benzene rings is 2. The minimum atomic E-state index is -4.43. The number of fused-ring (bicyclic) bond motifs is 1. The average molecular weight is 560 g/mol. The molecule has 1 aliphatic carbocycles. The van der Waals surface area contributed by atoms with Crippen molar-refractivity contribution in [3.05, 3.63) is 71.0 Å². The molecule has 6 rings (SSSR count). The highest BCUT2D eigenvalue weighted by molar-refractivity contribution is 5.91. The lowest BCUT2D eigenvalue weighted by Crippen LogP contribution is -2.46. The monoisotopic (exact) mass is 559 g/mol. The van der Waals surface area contributed by atoms with Crippen molar-refractivity contribution >= 4 is 17.3 Å². The van der Waals surface area contributed by atoms with Crippen LogP contribution in [0.25, 0.3) is 11.5 Å². The first-order valence-electron chi connectivity index (χ1n) is 12.8. The van der Waals surface area contributed by atoms with Gasteiger partial charge >= 0.3 is 12.1 Å². The number of hydrogen-bond acceptors (Lipinski definition) is 8. The van der Waals surface area contributed by atoms with Crippen molar-refractivity contribution in [3.8, 4) is 11.5 Å². The summed E-state index contributed by atoms with van der Waals surface area (Å²) >= 11 is 0. The van der Waals surface area contributed by atoms with Crippen LogP contribution in [0.3, 0.4) is 0 Å². The second kappa shape index (κ2) is 9.89. The third kappa shape index (κ3) is 5.02. The third-order valence-electron chi connectivity index (χ3n) is 7.43. The fourth-order valence-corrected chi connectivity index (χ4v) is 5.11. The Morgan fingerprint density at radius 1 is 1.02 bits per heavy atom. The normalized spacial score (nSPS) is 19.9. The SMILES string of the molecule is O=C(O)C1=CN(C2CC2)c2cc(N3CCN(Cc4nnc(-c5ccc(C(F)(F)F)cc5)o4)CC3)c(F)cc2C1O. The molecule has 1 aromatic heterocycles. The van der Waals surface area contributed by atoms with Gasteiger partial charge in [-0.05, 0) is 49.2 Å². The summed E-state index contributed by atoms with van der Waals surface area (Å²) in [6, 6.07) is 7.53. The van der Waals surface area contributed by atoms with E-state index in [9.17, 15) is 28.2 Å². The van der Waals surface area contributed by atoms with E-state index in [0.29, 0.717) is 55.6 Å². The summed E-state index contributed by atoms with van der Waals surface area (Å²) in [7, 11) is 0. The van der Waals surface area contributed by atoms with E-state index in [-0.39, 0.29) is 23.1 Å². The molecule has 0 bridgehead atoms. The number of rotatable bonds is 6. The van der Waals surface area contributed by atoms with Gasteiger partial charge in [-0.25, -0.2) is 9.18 Å². The number of carbonyl (C=O) groups is 1. The van der Waals surface area contributed by atoms with Crippen LogP contribution in [-0.4, -0.2) is 63.5 Å². The zero-order chi connectivity index (χ0) is 28.2. The van der Waals surface area contributed by atoms with Gasteiger partial charge in [0.1, 0.15) is 11.9 Å². The molecule has 1 saturated heterocycles. The van der Waals surface area contributed by atoms with Crippen LogP contribution in [0.15, 0.2) is 52.6 Å². The van der Waals surface area contributed by atoms with Crippen molar-refractivity contribution in [1.82, 2.24) is 15.1 Å². The Balaban J connectivity index is 1.12. The first-order valence-corrected chi connectivity index (χ1v) is 12.8. The van der Waals surface area contributed by atoms with E-state index in [1.807, 2.05) is 9.80 Å². The summed E-state index contributed by atoms with van der Waals surface area (Å²) in [5, 5.41) is 28.1. The van der Waals surface area contributed by atoms with Crippen molar-refractivity contribution < 1.29 is 37.0 Å². The summed E-state index contributed by atoms with van der Waals surface area (Å²) in [4.78, 5) is 17.4. The molecule has 3 aromatic rings. The molecule has 3 heterocycles. The van der Waals surface area contributed by atoms with Crippen LogP contribution in [0.1, 0.15) is 36.0 Å². The van der Waals surface area contributed by atoms with Gasteiger partial charge in [0, 0.05) is 55.2 Å². The molecule has 1 saturated carbocycles. The number of halogens is 4. The lowest BCUT2D eigenvalue weighted by molar-refractivity contribution is -0.137. The lowest BCUT2D eigenvalue weighted by Gasteiger charge is -2.37. The topological polar surface area (TPSA) is 106 Å². The molecule has 3 aliphatic rings. The summed E-state index contributed by atoms with van der Waals surface area (Å²) < 4.78 is 59.4. The van der Waals surface area contributed by atoms with Crippen LogP contribution in [-0.2, 0) is 17.5 Å². The molecule has 13 heteroatoms. The number of nitrogens with zero attached hydrogens (tertiary/aromatic N) is 5. The second-order valence-electron chi connectivity index (χ2n) is 10.1. The minimum absolute atomic E-state index is 0.123. The molecule has 9 nitrogen and oxygen atoms in total. The first kappa shape index (κ1) is 26.3. The van der Waals surface area contributed by atoms with Crippen LogP contribution in [0.5, 0.6) is 0 Å². The Labute approximate surface area is 225 Å². The summed E-state index contributed by atoms with van der Waals surface area (Å²) in [6.07, 6.45) is -2.61. The van der Waals surface area contributed by atoms with Gasteiger partial charge in [0.2, 0.25) is 11.8 Å². The molecule has 0 amide bonds. The molecule has 1 atom stereocenters.